The number of rotatable bonds is 2. The molecule has 21 heavy (non-hydrogen) atoms. The Morgan fingerprint density at radius 1 is 1.19 bits per heavy atom. The molecule has 1 heterocycles. The Morgan fingerprint density at radius 2 is 1.90 bits per heavy atom. The summed E-state index contributed by atoms with van der Waals surface area (Å²) in [5, 5.41) is 10.3. The van der Waals surface area contributed by atoms with E-state index in [0.29, 0.717) is 5.56 Å². The molecule has 5 nitrogen and oxygen atoms in total. The van der Waals surface area contributed by atoms with E-state index >= 15 is 0 Å². The summed E-state index contributed by atoms with van der Waals surface area (Å²) in [5.41, 5.74) is 0.448. The van der Waals surface area contributed by atoms with Crippen molar-refractivity contribution in [1.82, 2.24) is 0 Å². The molecule has 0 spiro atoms. The summed E-state index contributed by atoms with van der Waals surface area (Å²) < 4.78 is 16.7. The maximum absolute atomic E-state index is 12.0. The summed E-state index contributed by atoms with van der Waals surface area (Å²) in [6.07, 6.45) is 0.887. The van der Waals surface area contributed by atoms with E-state index in [-0.39, 0.29) is 6.10 Å². The van der Waals surface area contributed by atoms with Crippen molar-refractivity contribution in [3.63, 3.8) is 0 Å². The SMILES string of the molecule is CC1(C)O[C@H]2[C@H](O)[C@@H](OC(=O)c3ccccc3)C=C[C@H]2O1. The zero-order valence-corrected chi connectivity index (χ0v) is 11.9. The predicted octanol–water partition coefficient (Wildman–Crippen LogP) is 1.66. The van der Waals surface area contributed by atoms with Crippen LogP contribution < -0.4 is 0 Å². The molecule has 1 aromatic rings. The molecule has 4 atom stereocenters. The second-order valence-electron chi connectivity index (χ2n) is 5.68. The molecule has 5 heteroatoms. The Kier molecular flexibility index (Phi) is 3.57. The molecule has 1 saturated heterocycles. The van der Waals surface area contributed by atoms with Crippen LogP contribution in [0.3, 0.4) is 0 Å². The van der Waals surface area contributed by atoms with Gasteiger partial charge in [-0.3, -0.25) is 0 Å². The van der Waals surface area contributed by atoms with Gasteiger partial charge in [-0.25, -0.2) is 4.79 Å². The van der Waals surface area contributed by atoms with E-state index in [9.17, 15) is 9.90 Å². The minimum atomic E-state index is -0.950. The van der Waals surface area contributed by atoms with Gasteiger partial charge in [0, 0.05) is 0 Å². The van der Waals surface area contributed by atoms with Crippen LogP contribution in [-0.4, -0.2) is 41.3 Å². The monoisotopic (exact) mass is 290 g/mol. The van der Waals surface area contributed by atoms with Crippen LogP contribution in [0.25, 0.3) is 0 Å². The second-order valence-corrected chi connectivity index (χ2v) is 5.68. The molecule has 0 saturated carbocycles. The lowest BCUT2D eigenvalue weighted by atomic mass is 9.96. The van der Waals surface area contributed by atoms with Crippen molar-refractivity contribution in [2.75, 3.05) is 0 Å². The molecule has 0 aromatic heterocycles. The van der Waals surface area contributed by atoms with Gasteiger partial charge < -0.3 is 19.3 Å². The Hall–Kier alpha value is -1.69. The number of carbonyl (C=O) groups excluding carboxylic acids is 1. The number of carbonyl (C=O) groups is 1. The number of ether oxygens (including phenoxy) is 3. The fraction of sp³-hybridized carbons (Fsp3) is 0.438. The average Bonchev–Trinajstić information content (AvgIpc) is 2.78. The zero-order valence-electron chi connectivity index (χ0n) is 11.9. The summed E-state index contributed by atoms with van der Waals surface area (Å²) in [4.78, 5) is 12.0. The number of aliphatic hydroxyl groups is 1. The number of hydrogen-bond acceptors (Lipinski definition) is 5. The van der Waals surface area contributed by atoms with Crippen LogP contribution in [0.5, 0.6) is 0 Å². The molecule has 0 unspecified atom stereocenters. The summed E-state index contributed by atoms with van der Waals surface area (Å²) in [7, 11) is 0. The predicted molar refractivity (Wildman–Crippen MR) is 74.6 cm³/mol. The van der Waals surface area contributed by atoms with Crippen molar-refractivity contribution in [3.8, 4) is 0 Å². The number of aliphatic hydroxyl groups excluding tert-OH is 1. The quantitative estimate of drug-likeness (QED) is 0.663. The number of fused-ring (bicyclic) bond motifs is 1. The van der Waals surface area contributed by atoms with Crippen LogP contribution in [0.15, 0.2) is 42.5 Å². The van der Waals surface area contributed by atoms with E-state index in [1.54, 1.807) is 50.3 Å². The van der Waals surface area contributed by atoms with E-state index in [2.05, 4.69) is 0 Å². The van der Waals surface area contributed by atoms with Crippen LogP contribution in [-0.2, 0) is 14.2 Å². The van der Waals surface area contributed by atoms with Gasteiger partial charge in [-0.2, -0.15) is 0 Å². The van der Waals surface area contributed by atoms with Crippen molar-refractivity contribution in [3.05, 3.63) is 48.0 Å². The fourth-order valence-electron chi connectivity index (χ4n) is 2.62. The highest BCUT2D eigenvalue weighted by Gasteiger charge is 2.48. The summed E-state index contributed by atoms with van der Waals surface area (Å²) in [5.74, 6) is -1.22. The van der Waals surface area contributed by atoms with Crippen molar-refractivity contribution in [2.45, 2.75) is 44.1 Å². The maximum Gasteiger partial charge on any atom is 0.338 e. The minimum absolute atomic E-state index is 0.318. The average molecular weight is 290 g/mol. The first-order chi connectivity index (χ1) is 9.96. The van der Waals surface area contributed by atoms with Gasteiger partial charge in [0.15, 0.2) is 5.79 Å². The van der Waals surface area contributed by atoms with Crippen LogP contribution in [0.1, 0.15) is 24.2 Å². The molecule has 1 aliphatic carbocycles. The van der Waals surface area contributed by atoms with E-state index in [1.807, 2.05) is 6.07 Å². The van der Waals surface area contributed by atoms with Crippen LogP contribution >= 0.6 is 0 Å². The number of esters is 1. The lowest BCUT2D eigenvalue weighted by Crippen LogP contribution is -2.46. The highest BCUT2D eigenvalue weighted by molar-refractivity contribution is 5.89. The zero-order chi connectivity index (χ0) is 15.0. The smallest absolute Gasteiger partial charge is 0.338 e. The molecule has 1 aromatic carbocycles. The Balaban J connectivity index is 1.71. The maximum atomic E-state index is 12.0. The van der Waals surface area contributed by atoms with Gasteiger partial charge in [-0.15, -0.1) is 0 Å². The summed E-state index contributed by atoms with van der Waals surface area (Å²) >= 11 is 0. The number of hydrogen-bond donors (Lipinski definition) is 1. The first kappa shape index (κ1) is 14.3. The summed E-state index contributed by atoms with van der Waals surface area (Å²) in [6, 6.07) is 8.68. The molecular formula is C16H18O5. The van der Waals surface area contributed by atoms with Crippen LogP contribution in [0.2, 0.25) is 0 Å². The van der Waals surface area contributed by atoms with Crippen LogP contribution in [0.4, 0.5) is 0 Å². The van der Waals surface area contributed by atoms with Gasteiger partial charge in [0.2, 0.25) is 0 Å². The largest absolute Gasteiger partial charge is 0.452 e. The van der Waals surface area contributed by atoms with E-state index < -0.39 is 30.1 Å². The molecule has 0 bridgehead atoms. The number of benzene rings is 1. The lowest BCUT2D eigenvalue weighted by Gasteiger charge is -2.30. The van der Waals surface area contributed by atoms with Crippen molar-refractivity contribution in [1.29, 1.82) is 0 Å². The molecule has 1 N–H and O–H groups in total. The van der Waals surface area contributed by atoms with Gasteiger partial charge >= 0.3 is 5.97 Å². The normalized spacial score (nSPS) is 33.5. The lowest BCUT2D eigenvalue weighted by molar-refractivity contribution is -0.158. The van der Waals surface area contributed by atoms with Crippen molar-refractivity contribution < 1.29 is 24.1 Å². The third kappa shape index (κ3) is 2.85. The second kappa shape index (κ2) is 5.26. The molecule has 1 aliphatic heterocycles. The van der Waals surface area contributed by atoms with Gasteiger partial charge in [-0.05, 0) is 32.1 Å². The molecule has 2 aliphatic rings. The highest BCUT2D eigenvalue weighted by atomic mass is 16.8. The molecule has 3 rings (SSSR count). The third-order valence-electron chi connectivity index (χ3n) is 3.58. The standard InChI is InChI=1S/C16H18O5/c1-16(2)20-12-9-8-11(13(17)14(12)21-16)19-15(18)10-6-4-3-5-7-10/h3-9,11-14,17H,1-2H3/t11-,12+,13+,14+/m0/s1. The third-order valence-corrected chi connectivity index (χ3v) is 3.58. The molecule has 0 radical (unpaired) electrons. The van der Waals surface area contributed by atoms with Gasteiger partial charge in [0.1, 0.15) is 24.4 Å². The first-order valence-corrected chi connectivity index (χ1v) is 6.94. The highest BCUT2D eigenvalue weighted by Crippen LogP contribution is 2.34. The Morgan fingerprint density at radius 3 is 2.62 bits per heavy atom. The topological polar surface area (TPSA) is 65.0 Å². The molecule has 112 valence electrons. The molecule has 0 amide bonds. The van der Waals surface area contributed by atoms with Crippen LogP contribution in [0, 0.1) is 0 Å². The van der Waals surface area contributed by atoms with E-state index in [1.165, 1.54) is 0 Å². The van der Waals surface area contributed by atoms with Gasteiger partial charge in [-0.1, -0.05) is 24.3 Å². The van der Waals surface area contributed by atoms with Gasteiger partial charge in [0.25, 0.3) is 0 Å². The van der Waals surface area contributed by atoms with Crippen molar-refractivity contribution >= 4 is 5.97 Å². The first-order valence-electron chi connectivity index (χ1n) is 6.94. The van der Waals surface area contributed by atoms with E-state index in [0.717, 1.165) is 0 Å². The Labute approximate surface area is 123 Å². The summed E-state index contributed by atoms with van der Waals surface area (Å²) in [6.45, 7) is 3.58. The molecular weight excluding hydrogens is 272 g/mol. The molecule has 1 fully saturated rings. The van der Waals surface area contributed by atoms with Gasteiger partial charge in [0.05, 0.1) is 5.56 Å². The Bertz CT molecular complexity index is 551. The van der Waals surface area contributed by atoms with Crippen molar-refractivity contribution in [2.24, 2.45) is 0 Å². The fourth-order valence-corrected chi connectivity index (χ4v) is 2.62. The van der Waals surface area contributed by atoms with E-state index in [4.69, 9.17) is 14.2 Å². The minimum Gasteiger partial charge on any atom is -0.452 e.